The van der Waals surface area contributed by atoms with Gasteiger partial charge in [-0.25, -0.2) is 0 Å². The summed E-state index contributed by atoms with van der Waals surface area (Å²) >= 11 is 4.05. The first kappa shape index (κ1) is 35.0. The summed E-state index contributed by atoms with van der Waals surface area (Å²) < 4.78 is 2.76. The highest BCUT2D eigenvalue weighted by Gasteiger charge is 2.39. The van der Waals surface area contributed by atoms with Crippen LogP contribution in [0.2, 0.25) is 0 Å². The molecule has 2 aromatic heterocycles. The molecule has 6 heteroatoms. The number of aryl methyl sites for hydroxylation is 8. The van der Waals surface area contributed by atoms with Gasteiger partial charge in [0.05, 0.1) is 0 Å². The molecule has 8 bridgehead atoms. The summed E-state index contributed by atoms with van der Waals surface area (Å²) in [5.74, 6) is 0. The lowest BCUT2D eigenvalue weighted by Crippen LogP contribution is -2.52. The minimum Gasteiger partial charge on any atom is -0.419 e. The fourth-order valence-corrected chi connectivity index (χ4v) is 13.5. The topological polar surface area (TPSA) is 24.1 Å². The minimum atomic E-state index is 0.0654. The first-order valence-electron chi connectivity index (χ1n) is 21.8. The number of fused-ring (bicyclic) bond motifs is 6. The maximum Gasteiger partial charge on any atom is 0.323 e. The van der Waals surface area contributed by atoms with Gasteiger partial charge < -0.3 is 10.5 Å². The fraction of sp³-hybridized carbons (Fsp3) is 0.148. The van der Waals surface area contributed by atoms with Crippen molar-refractivity contribution in [2.24, 2.45) is 0 Å². The van der Waals surface area contributed by atoms with Crippen LogP contribution in [0.5, 0.6) is 0 Å². The van der Waals surface area contributed by atoms with Crippen LogP contribution in [0.25, 0.3) is 41.1 Å². The average Bonchev–Trinajstić information content (AvgIpc) is 3.85. The zero-order valence-electron chi connectivity index (χ0n) is 33.5. The third-order valence-corrected chi connectivity index (χ3v) is 16.4. The number of anilines is 2. The monoisotopic (exact) mass is 804 g/mol. The Labute approximate surface area is 360 Å². The van der Waals surface area contributed by atoms with Crippen LogP contribution in [0.4, 0.5) is 11.4 Å². The molecule has 0 radical (unpaired) electrons. The molecule has 0 spiro atoms. The minimum absolute atomic E-state index is 0.0654. The molecule has 9 aromatic rings. The van der Waals surface area contributed by atoms with Crippen molar-refractivity contribution >= 4 is 89.8 Å². The first-order chi connectivity index (χ1) is 29.7. The second kappa shape index (κ2) is 13.9. The molecule has 0 saturated carbocycles. The largest absolute Gasteiger partial charge is 0.419 e. The quantitative estimate of drug-likeness (QED) is 0.170. The van der Waals surface area contributed by atoms with E-state index in [0.717, 1.165) is 51.4 Å². The van der Waals surface area contributed by atoms with E-state index in [9.17, 15) is 0 Å². The standard InChI is InChI=1S/C54H42B2N2S2/c1-3-7-41(8-4-1)55-49-43-31-46-44(32-45(43)59-53(49)47-37-23-19-33-11-15-35(16-12-33)21-25-39(29-27-37)51(47)57-55)50-54(60-46)48-38-24-20-34-13-17-36(18-14-34)22-26-40(30-28-38)52(48)58-56(50)42-9-5-2-6-10-42/h1-18,27-32,57-58H,19-26H2. The van der Waals surface area contributed by atoms with Crippen LogP contribution in [0.15, 0.2) is 146 Å². The first-order valence-corrected chi connectivity index (χ1v) is 23.5. The van der Waals surface area contributed by atoms with Gasteiger partial charge in [0.2, 0.25) is 0 Å². The van der Waals surface area contributed by atoms with Crippen molar-refractivity contribution in [3.63, 3.8) is 0 Å². The van der Waals surface area contributed by atoms with Gasteiger partial charge in [0, 0.05) is 41.7 Å². The number of rotatable bonds is 2. The molecule has 2 N–H and O–H groups in total. The Kier molecular flexibility index (Phi) is 8.09. The third-order valence-electron chi connectivity index (χ3n) is 14.0. The second-order valence-electron chi connectivity index (χ2n) is 17.4. The lowest BCUT2D eigenvalue weighted by Gasteiger charge is -2.30. The molecule has 19 rings (SSSR count). The van der Waals surface area contributed by atoms with E-state index in [-0.39, 0.29) is 13.7 Å². The van der Waals surface area contributed by atoms with Gasteiger partial charge in [0.25, 0.3) is 0 Å². The Morgan fingerprint density at radius 3 is 1.10 bits per heavy atom. The van der Waals surface area contributed by atoms with Crippen LogP contribution < -0.4 is 32.3 Å². The van der Waals surface area contributed by atoms with Crippen molar-refractivity contribution in [1.29, 1.82) is 0 Å². The number of hydrogen-bond donors (Lipinski definition) is 2. The van der Waals surface area contributed by atoms with Gasteiger partial charge in [0.1, 0.15) is 0 Å². The molecule has 0 saturated heterocycles. The van der Waals surface area contributed by atoms with Gasteiger partial charge >= 0.3 is 13.7 Å². The highest BCUT2D eigenvalue weighted by molar-refractivity contribution is 7.27. The van der Waals surface area contributed by atoms with Gasteiger partial charge in [-0.05, 0) is 130 Å². The molecule has 4 heterocycles. The lowest BCUT2D eigenvalue weighted by atomic mass is 9.47. The molecule has 0 fully saturated rings. The molecule has 8 aliphatic carbocycles. The van der Waals surface area contributed by atoms with E-state index in [4.69, 9.17) is 0 Å². The predicted molar refractivity (Wildman–Crippen MR) is 261 cm³/mol. The number of hydrogen-bond acceptors (Lipinski definition) is 4. The maximum atomic E-state index is 4.24. The Hall–Kier alpha value is -5.81. The molecule has 7 aromatic carbocycles. The molecule has 0 amide bonds. The molecule has 2 aliphatic heterocycles. The SMILES string of the molecule is c1ccc(B2Nc3c4ccc(c3-c3sc5cc6c7c(sc6cc5c32)-c2c3ccc(c2NB7c2ccccc2)CCc2ccc(cc2)CC3)CCc2ccc(cc2)CC4)cc1. The predicted octanol–water partition coefficient (Wildman–Crippen LogP) is 10.3. The van der Waals surface area contributed by atoms with Crippen LogP contribution >= 0.6 is 22.7 Å². The van der Waals surface area contributed by atoms with Crippen LogP contribution in [0.1, 0.15) is 44.5 Å². The smallest absolute Gasteiger partial charge is 0.323 e. The van der Waals surface area contributed by atoms with E-state index in [2.05, 4.69) is 156 Å². The molecule has 0 atom stereocenters. The van der Waals surface area contributed by atoms with Crippen molar-refractivity contribution in [2.45, 2.75) is 51.4 Å². The summed E-state index contributed by atoms with van der Waals surface area (Å²) in [5.41, 5.74) is 22.5. The van der Waals surface area contributed by atoms with E-state index in [0.29, 0.717) is 0 Å². The molecule has 286 valence electrons. The van der Waals surface area contributed by atoms with Gasteiger partial charge in [0.15, 0.2) is 0 Å². The highest BCUT2D eigenvalue weighted by atomic mass is 32.1. The van der Waals surface area contributed by atoms with E-state index in [1.165, 1.54) is 119 Å². The van der Waals surface area contributed by atoms with E-state index < -0.39 is 0 Å². The fourth-order valence-electron chi connectivity index (χ4n) is 10.8. The average molecular weight is 805 g/mol. The van der Waals surface area contributed by atoms with E-state index in [1.54, 1.807) is 0 Å². The maximum absolute atomic E-state index is 4.24. The van der Waals surface area contributed by atoms with Crippen molar-refractivity contribution < 1.29 is 0 Å². The summed E-state index contributed by atoms with van der Waals surface area (Å²) in [4.78, 5) is 2.90. The van der Waals surface area contributed by atoms with E-state index in [1.807, 2.05) is 22.7 Å². The Balaban J connectivity index is 1.04. The van der Waals surface area contributed by atoms with Crippen LogP contribution in [0, 0.1) is 0 Å². The van der Waals surface area contributed by atoms with E-state index >= 15 is 0 Å². The summed E-state index contributed by atoms with van der Waals surface area (Å²) in [6, 6.07) is 56.1. The zero-order valence-corrected chi connectivity index (χ0v) is 35.1. The van der Waals surface area contributed by atoms with Gasteiger partial charge in [-0.3, -0.25) is 0 Å². The molecule has 2 nitrogen and oxygen atoms in total. The summed E-state index contributed by atoms with van der Waals surface area (Å²) in [7, 11) is 0. The normalized spacial score (nSPS) is 15.0. The van der Waals surface area contributed by atoms with Gasteiger partial charge in [-0.2, -0.15) is 0 Å². The molecule has 60 heavy (non-hydrogen) atoms. The van der Waals surface area contributed by atoms with Gasteiger partial charge in [-0.1, -0.05) is 144 Å². The lowest BCUT2D eigenvalue weighted by molar-refractivity contribution is 0.925. The Morgan fingerprint density at radius 2 is 0.717 bits per heavy atom. The van der Waals surface area contributed by atoms with Crippen molar-refractivity contribution in [1.82, 2.24) is 0 Å². The van der Waals surface area contributed by atoms with Crippen LogP contribution in [-0.2, 0) is 51.4 Å². The number of benzene rings is 7. The molecule has 10 aliphatic rings. The van der Waals surface area contributed by atoms with Gasteiger partial charge in [-0.15, -0.1) is 22.7 Å². The van der Waals surface area contributed by atoms with Crippen molar-refractivity contribution in [2.75, 3.05) is 10.5 Å². The third kappa shape index (κ3) is 5.61. The number of thiophene rings is 2. The second-order valence-corrected chi connectivity index (χ2v) is 19.5. The number of nitrogens with one attached hydrogen (secondary N) is 2. The summed E-state index contributed by atoms with van der Waals surface area (Å²) in [6.45, 7) is 0.131. The van der Waals surface area contributed by atoms with Crippen LogP contribution in [-0.4, -0.2) is 13.7 Å². The zero-order chi connectivity index (χ0) is 39.3. The van der Waals surface area contributed by atoms with Crippen molar-refractivity contribution in [3.8, 4) is 20.9 Å². The van der Waals surface area contributed by atoms with Crippen molar-refractivity contribution in [3.05, 3.63) is 190 Å². The Bertz CT molecular complexity index is 2930. The highest BCUT2D eigenvalue weighted by Crippen LogP contribution is 2.48. The summed E-state index contributed by atoms with van der Waals surface area (Å²) in [5, 5.41) is 11.3. The summed E-state index contributed by atoms with van der Waals surface area (Å²) in [6.07, 6.45) is 8.25. The molecule has 0 unspecified atom stereocenters. The van der Waals surface area contributed by atoms with Crippen LogP contribution in [0.3, 0.4) is 0 Å². The molecular weight excluding hydrogens is 762 g/mol. The Morgan fingerprint density at radius 1 is 0.367 bits per heavy atom. The molecular formula is C54H42B2N2S2.